The summed E-state index contributed by atoms with van der Waals surface area (Å²) in [6, 6.07) is 17.8. The highest BCUT2D eigenvalue weighted by molar-refractivity contribution is 6.31. The van der Waals surface area contributed by atoms with Crippen LogP contribution in [0, 0.1) is 5.92 Å². The van der Waals surface area contributed by atoms with Crippen LogP contribution in [0.4, 0.5) is 0 Å². The summed E-state index contributed by atoms with van der Waals surface area (Å²) in [7, 11) is 0. The van der Waals surface area contributed by atoms with Gasteiger partial charge in [0.25, 0.3) is 0 Å². The molecule has 1 unspecified atom stereocenters. The van der Waals surface area contributed by atoms with Gasteiger partial charge in [0.05, 0.1) is 6.61 Å². The molecule has 0 aromatic heterocycles. The Morgan fingerprint density at radius 1 is 0.950 bits per heavy atom. The number of benzene rings is 2. The normalized spacial score (nSPS) is 12.1. The van der Waals surface area contributed by atoms with E-state index in [1.807, 2.05) is 48.5 Å². The van der Waals surface area contributed by atoms with Gasteiger partial charge in [-0.05, 0) is 42.5 Å². The first-order valence-corrected chi connectivity index (χ1v) is 7.68. The molecule has 0 fully saturated rings. The van der Waals surface area contributed by atoms with E-state index in [9.17, 15) is 0 Å². The standard InChI is InChI=1S/C17H18Cl2O/c18-13-14(12-15-6-4-5-9-17(15)19)10-11-20-16-7-2-1-3-8-16/h1-9,14H,10-13H2. The molecule has 0 bridgehead atoms. The number of ether oxygens (including phenoxy) is 1. The zero-order valence-corrected chi connectivity index (χ0v) is 12.8. The van der Waals surface area contributed by atoms with E-state index in [1.165, 1.54) is 0 Å². The van der Waals surface area contributed by atoms with Crippen LogP contribution in [-0.2, 0) is 6.42 Å². The lowest BCUT2D eigenvalue weighted by atomic mass is 9.98. The van der Waals surface area contributed by atoms with Crippen molar-refractivity contribution in [1.82, 2.24) is 0 Å². The van der Waals surface area contributed by atoms with E-state index >= 15 is 0 Å². The minimum absolute atomic E-state index is 0.375. The highest BCUT2D eigenvalue weighted by Gasteiger charge is 2.11. The zero-order chi connectivity index (χ0) is 14.2. The maximum Gasteiger partial charge on any atom is 0.119 e. The summed E-state index contributed by atoms with van der Waals surface area (Å²) in [6.45, 7) is 0.672. The van der Waals surface area contributed by atoms with Crippen molar-refractivity contribution in [3.63, 3.8) is 0 Å². The van der Waals surface area contributed by atoms with E-state index in [1.54, 1.807) is 0 Å². The number of para-hydroxylation sites is 1. The van der Waals surface area contributed by atoms with Gasteiger partial charge < -0.3 is 4.74 Å². The summed E-state index contributed by atoms with van der Waals surface area (Å²) in [5.41, 5.74) is 1.15. The van der Waals surface area contributed by atoms with Crippen LogP contribution < -0.4 is 4.74 Å². The van der Waals surface area contributed by atoms with Gasteiger partial charge in [-0.2, -0.15) is 0 Å². The number of hydrogen-bond donors (Lipinski definition) is 0. The first kappa shape index (κ1) is 15.2. The summed E-state index contributed by atoms with van der Waals surface area (Å²) in [4.78, 5) is 0. The molecule has 0 amide bonds. The van der Waals surface area contributed by atoms with Gasteiger partial charge in [-0.15, -0.1) is 11.6 Å². The molecule has 2 aromatic rings. The molecule has 1 nitrogen and oxygen atoms in total. The van der Waals surface area contributed by atoms with Crippen LogP contribution in [0.25, 0.3) is 0 Å². The van der Waals surface area contributed by atoms with Crippen LogP contribution >= 0.6 is 23.2 Å². The van der Waals surface area contributed by atoms with E-state index < -0.39 is 0 Å². The van der Waals surface area contributed by atoms with Gasteiger partial charge >= 0.3 is 0 Å². The highest BCUT2D eigenvalue weighted by Crippen LogP contribution is 2.21. The molecule has 106 valence electrons. The van der Waals surface area contributed by atoms with Gasteiger partial charge in [0.1, 0.15) is 5.75 Å². The molecule has 0 heterocycles. The summed E-state index contributed by atoms with van der Waals surface area (Å²) in [5.74, 6) is 1.89. The van der Waals surface area contributed by atoms with Gasteiger partial charge in [-0.1, -0.05) is 48.0 Å². The number of halogens is 2. The Hall–Kier alpha value is -1.18. The minimum Gasteiger partial charge on any atom is -0.494 e. The Morgan fingerprint density at radius 2 is 1.65 bits per heavy atom. The summed E-state index contributed by atoms with van der Waals surface area (Å²) in [5, 5.41) is 0.812. The van der Waals surface area contributed by atoms with Crippen molar-refractivity contribution >= 4 is 23.2 Å². The van der Waals surface area contributed by atoms with Crippen LogP contribution in [0.5, 0.6) is 5.75 Å². The quantitative estimate of drug-likeness (QED) is 0.638. The summed E-state index contributed by atoms with van der Waals surface area (Å²) in [6.07, 6.45) is 1.81. The second-order valence-corrected chi connectivity index (χ2v) is 5.48. The van der Waals surface area contributed by atoms with Crippen LogP contribution in [-0.4, -0.2) is 12.5 Å². The first-order chi connectivity index (χ1) is 9.79. The summed E-state index contributed by atoms with van der Waals surface area (Å²) < 4.78 is 5.71. The van der Waals surface area contributed by atoms with Crippen LogP contribution in [0.15, 0.2) is 54.6 Å². The Labute approximate surface area is 130 Å². The molecule has 2 aromatic carbocycles. The fourth-order valence-corrected chi connectivity index (χ4v) is 2.55. The fourth-order valence-electron chi connectivity index (χ4n) is 2.07. The van der Waals surface area contributed by atoms with Gasteiger partial charge in [0.15, 0.2) is 0 Å². The molecular weight excluding hydrogens is 291 g/mol. The molecule has 3 heteroatoms. The number of hydrogen-bond acceptors (Lipinski definition) is 1. The molecule has 2 rings (SSSR count). The molecule has 0 spiro atoms. The van der Waals surface area contributed by atoms with Crippen LogP contribution in [0.1, 0.15) is 12.0 Å². The highest BCUT2D eigenvalue weighted by atomic mass is 35.5. The monoisotopic (exact) mass is 308 g/mol. The topological polar surface area (TPSA) is 9.23 Å². The predicted molar refractivity (Wildman–Crippen MR) is 85.9 cm³/mol. The fraction of sp³-hybridized carbons (Fsp3) is 0.294. The van der Waals surface area contributed by atoms with E-state index in [2.05, 4.69) is 6.07 Å². The van der Waals surface area contributed by atoms with E-state index in [0.29, 0.717) is 18.4 Å². The maximum atomic E-state index is 6.18. The second kappa shape index (κ2) is 8.18. The number of rotatable bonds is 7. The van der Waals surface area contributed by atoms with Crippen molar-refractivity contribution in [2.75, 3.05) is 12.5 Å². The van der Waals surface area contributed by atoms with Gasteiger partial charge in [-0.25, -0.2) is 0 Å². The lowest BCUT2D eigenvalue weighted by molar-refractivity contribution is 0.284. The van der Waals surface area contributed by atoms with E-state index in [-0.39, 0.29) is 0 Å². The maximum absolute atomic E-state index is 6.18. The Balaban J connectivity index is 1.82. The molecule has 0 N–H and O–H groups in total. The third-order valence-corrected chi connectivity index (χ3v) is 4.03. The Kier molecular flexibility index (Phi) is 6.23. The SMILES string of the molecule is ClCC(CCOc1ccccc1)Cc1ccccc1Cl. The van der Waals surface area contributed by atoms with E-state index in [0.717, 1.165) is 29.2 Å². The largest absolute Gasteiger partial charge is 0.494 e. The van der Waals surface area contributed by atoms with E-state index in [4.69, 9.17) is 27.9 Å². The van der Waals surface area contributed by atoms with Crippen molar-refractivity contribution in [3.05, 3.63) is 65.2 Å². The zero-order valence-electron chi connectivity index (χ0n) is 11.3. The average molecular weight is 309 g/mol. The second-order valence-electron chi connectivity index (χ2n) is 4.77. The molecule has 1 atom stereocenters. The third-order valence-electron chi connectivity index (χ3n) is 3.22. The minimum atomic E-state index is 0.375. The molecule has 0 saturated heterocycles. The molecule has 0 aliphatic carbocycles. The molecular formula is C17H18Cl2O. The van der Waals surface area contributed by atoms with Crippen molar-refractivity contribution in [2.24, 2.45) is 5.92 Å². The van der Waals surface area contributed by atoms with Crippen LogP contribution in [0.3, 0.4) is 0 Å². The molecule has 0 aliphatic heterocycles. The lowest BCUT2D eigenvalue weighted by Crippen LogP contribution is -2.12. The van der Waals surface area contributed by atoms with Gasteiger partial charge in [-0.3, -0.25) is 0 Å². The number of alkyl halides is 1. The Morgan fingerprint density at radius 3 is 2.35 bits per heavy atom. The predicted octanol–water partition coefficient (Wildman–Crippen LogP) is 5.21. The van der Waals surface area contributed by atoms with Crippen LogP contribution in [0.2, 0.25) is 5.02 Å². The smallest absolute Gasteiger partial charge is 0.119 e. The summed E-state index contributed by atoms with van der Waals surface area (Å²) >= 11 is 12.2. The van der Waals surface area contributed by atoms with Crippen molar-refractivity contribution < 1.29 is 4.74 Å². The third kappa shape index (κ3) is 4.73. The molecule has 0 radical (unpaired) electrons. The van der Waals surface area contributed by atoms with Crippen molar-refractivity contribution in [1.29, 1.82) is 0 Å². The first-order valence-electron chi connectivity index (χ1n) is 6.77. The molecule has 0 saturated carbocycles. The lowest BCUT2D eigenvalue weighted by Gasteiger charge is -2.15. The van der Waals surface area contributed by atoms with Gasteiger partial charge in [0, 0.05) is 10.9 Å². The van der Waals surface area contributed by atoms with Gasteiger partial charge in [0.2, 0.25) is 0 Å². The molecule has 20 heavy (non-hydrogen) atoms. The van der Waals surface area contributed by atoms with Crippen molar-refractivity contribution in [3.8, 4) is 5.75 Å². The molecule has 0 aliphatic rings. The van der Waals surface area contributed by atoms with Crippen molar-refractivity contribution in [2.45, 2.75) is 12.8 Å². The average Bonchev–Trinajstić information content (AvgIpc) is 2.49. The Bertz CT molecular complexity index is 513.